The predicted octanol–water partition coefficient (Wildman–Crippen LogP) is 10.6. The minimum Gasteiger partial charge on any atom is -0.494 e. The molecule has 64 heavy (non-hydrogen) atoms. The topological polar surface area (TPSA) is 139 Å². The molecule has 0 aliphatic carbocycles. The van der Waals surface area contributed by atoms with Crippen LogP contribution in [0.2, 0.25) is 0 Å². The third kappa shape index (κ3) is 18.7. The van der Waals surface area contributed by atoms with Crippen LogP contribution in [0.15, 0.2) is 164 Å². The van der Waals surface area contributed by atoms with Crippen LogP contribution in [0.25, 0.3) is 0 Å². The summed E-state index contributed by atoms with van der Waals surface area (Å²) in [5.74, 6) is -0.388. The molecule has 4 aromatic rings. The van der Waals surface area contributed by atoms with Crippen LogP contribution in [0.4, 0.5) is 5.69 Å². The number of rotatable bonds is 29. The highest BCUT2D eigenvalue weighted by Gasteiger charge is 2.16. The van der Waals surface area contributed by atoms with Gasteiger partial charge in [-0.2, -0.15) is 5.10 Å². The fourth-order valence-corrected chi connectivity index (χ4v) is 5.78. The Bertz CT molecular complexity index is 2200. The number of ether oxygens (including phenoxy) is 6. The second kappa shape index (κ2) is 28.9. The van der Waals surface area contributed by atoms with E-state index in [2.05, 4.69) is 19.7 Å². The summed E-state index contributed by atoms with van der Waals surface area (Å²) < 4.78 is 33.4. The van der Waals surface area contributed by atoms with E-state index in [0.29, 0.717) is 61.2 Å². The minimum atomic E-state index is -0.603. The number of para-hydroxylation sites is 1. The lowest BCUT2D eigenvalue weighted by Crippen LogP contribution is -2.17. The molecule has 0 N–H and O–H groups in total. The van der Waals surface area contributed by atoms with E-state index in [1.165, 1.54) is 0 Å². The number of anilines is 1. The van der Waals surface area contributed by atoms with Gasteiger partial charge in [-0.1, -0.05) is 68.3 Å². The zero-order valence-corrected chi connectivity index (χ0v) is 36.1. The summed E-state index contributed by atoms with van der Waals surface area (Å²) in [6.07, 6.45) is 19.9. The molecule has 0 bridgehead atoms. The smallest absolute Gasteiger partial charge is 0.343 e. The van der Waals surface area contributed by atoms with E-state index >= 15 is 0 Å². The fourth-order valence-electron chi connectivity index (χ4n) is 5.78. The first-order valence-corrected chi connectivity index (χ1v) is 21.2. The number of carbonyl (C=O) groups is 4. The van der Waals surface area contributed by atoms with Gasteiger partial charge in [-0.25, -0.2) is 19.2 Å². The average molecular weight is 869 g/mol. The van der Waals surface area contributed by atoms with Crippen molar-refractivity contribution >= 4 is 35.8 Å². The van der Waals surface area contributed by atoms with Gasteiger partial charge in [-0.05, 0) is 130 Å². The fraction of sp³-hybridized carbons (Fsp3) is 0.250. The largest absolute Gasteiger partial charge is 0.494 e. The minimum absolute atomic E-state index is 0.197. The van der Waals surface area contributed by atoms with E-state index in [9.17, 15) is 19.2 Å². The third-order valence-electron chi connectivity index (χ3n) is 9.17. The molecule has 0 aliphatic rings. The van der Waals surface area contributed by atoms with Crippen molar-refractivity contribution in [2.24, 2.45) is 5.10 Å². The summed E-state index contributed by atoms with van der Waals surface area (Å²) in [5, 5.41) is 6.53. The number of nitrogens with zero attached hydrogens (tertiary/aromatic N) is 2. The van der Waals surface area contributed by atoms with Crippen molar-refractivity contribution in [3.05, 3.63) is 176 Å². The van der Waals surface area contributed by atoms with Crippen LogP contribution < -0.4 is 24.0 Å². The molecular weight excluding hydrogens is 813 g/mol. The first kappa shape index (κ1) is 49.2. The molecule has 0 unspecified atom stereocenters. The lowest BCUT2D eigenvalue weighted by Gasteiger charge is -2.17. The number of benzene rings is 4. The summed E-state index contributed by atoms with van der Waals surface area (Å²) in [7, 11) is 0. The van der Waals surface area contributed by atoms with Crippen LogP contribution in [0.1, 0.15) is 77.6 Å². The van der Waals surface area contributed by atoms with Gasteiger partial charge in [0, 0.05) is 17.7 Å². The molecule has 4 rings (SSSR count). The lowest BCUT2D eigenvalue weighted by molar-refractivity contribution is -0.138. The zero-order chi connectivity index (χ0) is 45.6. The van der Waals surface area contributed by atoms with Gasteiger partial charge in [0.2, 0.25) is 0 Å². The summed E-state index contributed by atoms with van der Waals surface area (Å²) in [5.41, 5.74) is 1.83. The second-order valence-electron chi connectivity index (χ2n) is 14.0. The number of hydrazone groups is 1. The van der Waals surface area contributed by atoms with Crippen LogP contribution in [-0.4, -0.2) is 63.1 Å². The van der Waals surface area contributed by atoms with Gasteiger partial charge in [-0.3, -0.25) is 5.01 Å². The van der Waals surface area contributed by atoms with Crippen molar-refractivity contribution < 1.29 is 47.6 Å². The van der Waals surface area contributed by atoms with Crippen molar-refractivity contribution in [3.63, 3.8) is 0 Å². The first-order valence-electron chi connectivity index (χ1n) is 21.2. The van der Waals surface area contributed by atoms with Crippen molar-refractivity contribution in [2.45, 2.75) is 51.4 Å². The second-order valence-corrected chi connectivity index (χ2v) is 14.0. The quantitative estimate of drug-likeness (QED) is 0.00980. The molecule has 12 nitrogen and oxygen atoms in total. The van der Waals surface area contributed by atoms with Crippen molar-refractivity contribution in [1.29, 1.82) is 0 Å². The monoisotopic (exact) mass is 868 g/mol. The molecule has 0 heterocycles. The molecule has 0 fully saturated rings. The summed E-state index contributed by atoms with van der Waals surface area (Å²) in [6.45, 7) is 12.6. The third-order valence-corrected chi connectivity index (χ3v) is 9.17. The first-order chi connectivity index (χ1) is 31.3. The number of hydrogen-bond acceptors (Lipinski definition) is 12. The Balaban J connectivity index is 1.41. The van der Waals surface area contributed by atoms with Crippen molar-refractivity contribution in [3.8, 4) is 23.0 Å². The van der Waals surface area contributed by atoms with Crippen molar-refractivity contribution in [1.82, 2.24) is 0 Å². The van der Waals surface area contributed by atoms with Gasteiger partial charge in [0.1, 0.15) is 23.0 Å². The molecule has 0 aliphatic heterocycles. The number of hydrogen-bond donors (Lipinski definition) is 0. The number of esters is 4. The highest BCUT2D eigenvalue weighted by atomic mass is 16.5. The number of carbonyl (C=O) groups excluding carboxylic acids is 4. The van der Waals surface area contributed by atoms with Gasteiger partial charge < -0.3 is 28.4 Å². The lowest BCUT2D eigenvalue weighted by atomic mass is 10.2. The van der Waals surface area contributed by atoms with Crippen molar-refractivity contribution in [2.75, 3.05) is 38.0 Å². The molecule has 4 aromatic carbocycles. The Kier molecular flexibility index (Phi) is 22.2. The average Bonchev–Trinajstić information content (AvgIpc) is 3.32. The van der Waals surface area contributed by atoms with E-state index in [-0.39, 0.29) is 11.5 Å². The van der Waals surface area contributed by atoms with E-state index < -0.39 is 23.9 Å². The number of allylic oxidation sites excluding steroid dienone is 4. The summed E-state index contributed by atoms with van der Waals surface area (Å²) >= 11 is 0. The van der Waals surface area contributed by atoms with E-state index in [1.54, 1.807) is 84.0 Å². The standard InChI is InChI=1S/C52H56N2O10/c1-4-7-8-9-17-34-54(44-22-15-14-16-23-44)53-40-43-39-47(63-51(57)41-24-28-45(29-25-41)59-35-18-10-12-20-37-61-49(55)5-2)32-33-48(43)64-52(58)42-26-30-46(31-27-42)60-36-19-11-13-21-38-62-50(56)6-3/h4-9,14-17,22-33,39-40H,1-3,10-13,18-21,34-38H2/b8-7-,17-9-,53-40+. The molecule has 0 spiro atoms. The zero-order valence-electron chi connectivity index (χ0n) is 36.1. The van der Waals surface area contributed by atoms with Gasteiger partial charge >= 0.3 is 23.9 Å². The van der Waals surface area contributed by atoms with Crippen LogP contribution in [0.3, 0.4) is 0 Å². The molecular formula is C52H56N2O10. The highest BCUT2D eigenvalue weighted by Crippen LogP contribution is 2.26. The Morgan fingerprint density at radius 3 is 1.59 bits per heavy atom. The molecule has 12 heteroatoms. The molecule has 0 saturated heterocycles. The maximum atomic E-state index is 13.5. The van der Waals surface area contributed by atoms with Gasteiger partial charge in [-0.15, -0.1) is 0 Å². The SMILES string of the molecule is C=C/C=C\C=C/CN(/N=C/c1cc(OC(=O)c2ccc(OCCCCCCOC(=O)C=C)cc2)ccc1OC(=O)c1ccc(OCCCCCCOC(=O)C=C)cc1)c1ccccc1. The Labute approximate surface area is 375 Å². The molecule has 0 radical (unpaired) electrons. The molecule has 334 valence electrons. The molecule has 0 aromatic heterocycles. The predicted molar refractivity (Wildman–Crippen MR) is 249 cm³/mol. The highest BCUT2D eigenvalue weighted by molar-refractivity contribution is 5.94. The normalized spacial score (nSPS) is 10.9. The van der Waals surface area contributed by atoms with Crippen LogP contribution in [0, 0.1) is 0 Å². The van der Waals surface area contributed by atoms with Gasteiger partial charge in [0.25, 0.3) is 0 Å². The maximum Gasteiger partial charge on any atom is 0.343 e. The van der Waals surface area contributed by atoms with Crippen LogP contribution in [-0.2, 0) is 19.1 Å². The van der Waals surface area contributed by atoms with Gasteiger partial charge in [0.15, 0.2) is 0 Å². The number of unbranched alkanes of at least 4 members (excludes halogenated alkanes) is 6. The van der Waals surface area contributed by atoms with Crippen LogP contribution >= 0.6 is 0 Å². The Morgan fingerprint density at radius 2 is 1.06 bits per heavy atom. The van der Waals surface area contributed by atoms with Crippen LogP contribution in [0.5, 0.6) is 23.0 Å². The Hall–Kier alpha value is -7.47. The Morgan fingerprint density at radius 1 is 0.547 bits per heavy atom. The maximum absolute atomic E-state index is 13.5. The summed E-state index contributed by atoms with van der Waals surface area (Å²) in [6, 6.07) is 27.6. The van der Waals surface area contributed by atoms with E-state index in [4.69, 9.17) is 33.5 Å². The van der Waals surface area contributed by atoms with Gasteiger partial charge in [0.05, 0.1) is 56.0 Å². The van der Waals surface area contributed by atoms with E-state index in [0.717, 1.165) is 69.2 Å². The molecule has 0 amide bonds. The summed E-state index contributed by atoms with van der Waals surface area (Å²) in [4.78, 5) is 49.0. The van der Waals surface area contributed by atoms with E-state index in [1.807, 2.05) is 54.6 Å². The molecule has 0 saturated carbocycles. The molecule has 0 atom stereocenters.